The molecule has 2 rings (SSSR count). The monoisotopic (exact) mass is 293 g/mol. The number of nitrogens with one attached hydrogen (secondary N) is 2. The minimum absolute atomic E-state index is 0.180. The first-order valence-corrected chi connectivity index (χ1v) is 7.44. The molecule has 0 aromatic heterocycles. The lowest BCUT2D eigenvalue weighted by Gasteiger charge is -2.27. The van der Waals surface area contributed by atoms with Crippen LogP contribution in [0.4, 0.5) is 0 Å². The zero-order valence-corrected chi connectivity index (χ0v) is 12.3. The summed E-state index contributed by atoms with van der Waals surface area (Å²) in [5, 5.41) is 15.2. The molecule has 0 spiro atoms. The van der Waals surface area contributed by atoms with Gasteiger partial charge in [-0.25, -0.2) is 0 Å². The second-order valence-electron chi connectivity index (χ2n) is 5.15. The SMILES string of the molecule is N#C/C(=C/N1CCNCC1)C(=O)NCCN1CCOCC1. The number of carbonyl (C=O) groups excluding carboxylic acids is 1. The van der Waals surface area contributed by atoms with Crippen molar-refractivity contribution in [2.24, 2.45) is 0 Å². The molecule has 2 heterocycles. The van der Waals surface area contributed by atoms with E-state index in [0.717, 1.165) is 59.0 Å². The lowest BCUT2D eigenvalue weighted by atomic mass is 10.2. The Balaban J connectivity index is 1.74. The highest BCUT2D eigenvalue weighted by atomic mass is 16.5. The molecule has 0 aliphatic carbocycles. The number of morpholine rings is 1. The van der Waals surface area contributed by atoms with Crippen LogP contribution in [0.25, 0.3) is 0 Å². The molecule has 0 radical (unpaired) electrons. The van der Waals surface area contributed by atoms with E-state index in [0.29, 0.717) is 6.54 Å². The van der Waals surface area contributed by atoms with E-state index in [1.165, 1.54) is 0 Å². The Morgan fingerprint density at radius 1 is 1.29 bits per heavy atom. The minimum Gasteiger partial charge on any atom is -0.379 e. The number of amides is 1. The van der Waals surface area contributed by atoms with E-state index in [1.54, 1.807) is 6.20 Å². The van der Waals surface area contributed by atoms with Crippen LogP contribution in [-0.4, -0.2) is 81.3 Å². The topological polar surface area (TPSA) is 80.6 Å². The summed E-state index contributed by atoms with van der Waals surface area (Å²) in [6.07, 6.45) is 1.67. The van der Waals surface area contributed by atoms with Gasteiger partial charge in [0.05, 0.1) is 13.2 Å². The molecule has 2 saturated heterocycles. The van der Waals surface area contributed by atoms with Crippen LogP contribution in [0.1, 0.15) is 0 Å². The molecule has 2 fully saturated rings. The highest BCUT2D eigenvalue weighted by Gasteiger charge is 2.14. The van der Waals surface area contributed by atoms with Crippen molar-refractivity contribution in [2.75, 3.05) is 65.6 Å². The molecule has 21 heavy (non-hydrogen) atoms. The number of nitrogens with zero attached hydrogens (tertiary/aromatic N) is 3. The van der Waals surface area contributed by atoms with E-state index < -0.39 is 0 Å². The molecule has 0 aromatic carbocycles. The number of hydrogen-bond acceptors (Lipinski definition) is 6. The van der Waals surface area contributed by atoms with Crippen LogP contribution in [0.15, 0.2) is 11.8 Å². The number of rotatable bonds is 5. The summed E-state index contributed by atoms with van der Waals surface area (Å²) in [7, 11) is 0. The summed E-state index contributed by atoms with van der Waals surface area (Å²) in [4.78, 5) is 16.3. The summed E-state index contributed by atoms with van der Waals surface area (Å²) in [6.45, 7) is 8.07. The fourth-order valence-corrected chi connectivity index (χ4v) is 2.38. The van der Waals surface area contributed by atoms with E-state index in [2.05, 4.69) is 15.5 Å². The highest BCUT2D eigenvalue weighted by molar-refractivity contribution is 5.97. The van der Waals surface area contributed by atoms with Crippen molar-refractivity contribution in [3.05, 3.63) is 11.8 Å². The van der Waals surface area contributed by atoms with Crippen molar-refractivity contribution in [2.45, 2.75) is 0 Å². The van der Waals surface area contributed by atoms with Crippen molar-refractivity contribution in [3.63, 3.8) is 0 Å². The van der Waals surface area contributed by atoms with Gasteiger partial charge in [-0.15, -0.1) is 0 Å². The molecule has 0 saturated carbocycles. The molecule has 0 unspecified atom stereocenters. The van der Waals surface area contributed by atoms with Gasteiger partial charge in [0.2, 0.25) is 0 Å². The van der Waals surface area contributed by atoms with Crippen molar-refractivity contribution in [3.8, 4) is 6.07 Å². The number of carbonyl (C=O) groups is 1. The Bertz CT molecular complexity index is 406. The summed E-state index contributed by atoms with van der Waals surface area (Å²) >= 11 is 0. The standard InChI is InChI=1S/C14H23N5O2/c15-11-13(12-19-4-1-16-2-5-19)14(20)17-3-6-18-7-9-21-10-8-18/h12,16H,1-10H2,(H,17,20)/b13-12-. The van der Waals surface area contributed by atoms with E-state index in [4.69, 9.17) is 10.00 Å². The quantitative estimate of drug-likeness (QED) is 0.487. The number of piperazine rings is 1. The highest BCUT2D eigenvalue weighted by Crippen LogP contribution is 2.00. The smallest absolute Gasteiger partial charge is 0.263 e. The minimum atomic E-state index is -0.288. The van der Waals surface area contributed by atoms with Gasteiger partial charge in [-0.3, -0.25) is 9.69 Å². The lowest BCUT2D eigenvalue weighted by molar-refractivity contribution is -0.117. The molecule has 0 atom stereocenters. The Morgan fingerprint density at radius 3 is 2.67 bits per heavy atom. The maximum Gasteiger partial charge on any atom is 0.263 e. The van der Waals surface area contributed by atoms with Crippen LogP contribution < -0.4 is 10.6 Å². The van der Waals surface area contributed by atoms with Crippen molar-refractivity contribution in [1.82, 2.24) is 20.4 Å². The second-order valence-corrected chi connectivity index (χ2v) is 5.15. The molecule has 0 aromatic rings. The maximum atomic E-state index is 12.0. The first kappa shape index (κ1) is 15.8. The fourth-order valence-electron chi connectivity index (χ4n) is 2.38. The molecular weight excluding hydrogens is 270 g/mol. The number of ether oxygens (including phenoxy) is 1. The average Bonchev–Trinajstić information content (AvgIpc) is 2.54. The largest absolute Gasteiger partial charge is 0.379 e. The Morgan fingerprint density at radius 2 is 2.00 bits per heavy atom. The zero-order valence-electron chi connectivity index (χ0n) is 12.3. The molecule has 2 N–H and O–H groups in total. The predicted molar refractivity (Wildman–Crippen MR) is 78.4 cm³/mol. The van der Waals surface area contributed by atoms with Gasteiger partial charge < -0.3 is 20.3 Å². The van der Waals surface area contributed by atoms with Gasteiger partial charge in [0, 0.05) is 58.6 Å². The summed E-state index contributed by atoms with van der Waals surface area (Å²) in [5.41, 5.74) is 0.180. The van der Waals surface area contributed by atoms with Crippen LogP contribution in [-0.2, 0) is 9.53 Å². The van der Waals surface area contributed by atoms with Crippen molar-refractivity contribution >= 4 is 5.91 Å². The van der Waals surface area contributed by atoms with E-state index in [1.807, 2.05) is 11.0 Å². The fraction of sp³-hybridized carbons (Fsp3) is 0.714. The Kier molecular flexibility index (Phi) is 6.47. The molecule has 7 nitrogen and oxygen atoms in total. The van der Waals surface area contributed by atoms with E-state index >= 15 is 0 Å². The molecule has 7 heteroatoms. The second kappa shape index (κ2) is 8.62. The van der Waals surface area contributed by atoms with Gasteiger partial charge in [0.1, 0.15) is 11.6 Å². The zero-order chi connectivity index (χ0) is 14.9. The van der Waals surface area contributed by atoms with Crippen LogP contribution >= 0.6 is 0 Å². The Hall–Kier alpha value is -1.62. The third-order valence-electron chi connectivity index (χ3n) is 3.65. The average molecular weight is 293 g/mol. The third-order valence-corrected chi connectivity index (χ3v) is 3.65. The van der Waals surface area contributed by atoms with Gasteiger partial charge in [-0.05, 0) is 0 Å². The molecular formula is C14H23N5O2. The summed E-state index contributed by atoms with van der Waals surface area (Å²) < 4.78 is 5.28. The maximum absolute atomic E-state index is 12.0. The van der Waals surface area contributed by atoms with Gasteiger partial charge in [-0.1, -0.05) is 0 Å². The summed E-state index contributed by atoms with van der Waals surface area (Å²) in [6, 6.07) is 1.99. The normalized spacial score (nSPS) is 20.9. The first-order valence-electron chi connectivity index (χ1n) is 7.44. The van der Waals surface area contributed by atoms with Gasteiger partial charge in [0.25, 0.3) is 5.91 Å². The van der Waals surface area contributed by atoms with Gasteiger partial charge in [-0.2, -0.15) is 5.26 Å². The van der Waals surface area contributed by atoms with Crippen LogP contribution in [0, 0.1) is 11.3 Å². The molecule has 2 aliphatic rings. The first-order chi connectivity index (χ1) is 10.3. The molecule has 0 bridgehead atoms. The van der Waals surface area contributed by atoms with Crippen molar-refractivity contribution in [1.29, 1.82) is 5.26 Å². The van der Waals surface area contributed by atoms with Gasteiger partial charge in [0.15, 0.2) is 0 Å². The van der Waals surface area contributed by atoms with E-state index in [9.17, 15) is 4.79 Å². The number of hydrogen-bond donors (Lipinski definition) is 2. The molecule has 2 aliphatic heterocycles. The number of nitriles is 1. The predicted octanol–water partition coefficient (Wildman–Crippen LogP) is -1.25. The summed E-state index contributed by atoms with van der Waals surface area (Å²) in [5.74, 6) is -0.288. The molecule has 116 valence electrons. The van der Waals surface area contributed by atoms with Crippen LogP contribution in [0.5, 0.6) is 0 Å². The van der Waals surface area contributed by atoms with Crippen LogP contribution in [0.2, 0.25) is 0 Å². The van der Waals surface area contributed by atoms with Gasteiger partial charge >= 0.3 is 0 Å². The van der Waals surface area contributed by atoms with Crippen LogP contribution in [0.3, 0.4) is 0 Å². The van der Waals surface area contributed by atoms with E-state index in [-0.39, 0.29) is 11.5 Å². The lowest BCUT2D eigenvalue weighted by Crippen LogP contribution is -2.42. The van der Waals surface area contributed by atoms with Crippen molar-refractivity contribution < 1.29 is 9.53 Å². The third kappa shape index (κ3) is 5.34. The molecule has 1 amide bonds. The Labute approximate surface area is 125 Å².